The summed E-state index contributed by atoms with van der Waals surface area (Å²) in [6.07, 6.45) is 0. The van der Waals surface area contributed by atoms with Crippen LogP contribution in [0.2, 0.25) is 0 Å². The van der Waals surface area contributed by atoms with Gasteiger partial charge in [0, 0.05) is 17.3 Å². The largest absolute Gasteiger partial charge is 0.438 e. The van der Waals surface area contributed by atoms with Crippen molar-refractivity contribution in [3.05, 3.63) is 52.5 Å². The van der Waals surface area contributed by atoms with Crippen LogP contribution in [-0.2, 0) is 5.88 Å². The fourth-order valence-electron chi connectivity index (χ4n) is 1.86. The number of nitrogens with zero attached hydrogens (tertiary/aromatic N) is 1. The fourth-order valence-corrected chi connectivity index (χ4v) is 2.19. The molecule has 0 aliphatic carbocycles. The number of ether oxygens (including phenoxy) is 1. The zero-order valence-electron chi connectivity index (χ0n) is 11.1. The molecule has 100 valence electrons. The Balaban J connectivity index is 2.45. The van der Waals surface area contributed by atoms with Gasteiger partial charge in [0.15, 0.2) is 0 Å². The SMILES string of the molecule is Cc1cc(C)c(CCl)c(Oc2cc(F)ccc2C)n1. The molecule has 0 atom stereocenters. The van der Waals surface area contributed by atoms with Gasteiger partial charge in [0.1, 0.15) is 11.6 Å². The predicted molar refractivity (Wildman–Crippen MR) is 74.5 cm³/mol. The molecule has 19 heavy (non-hydrogen) atoms. The molecule has 1 heterocycles. The average Bonchev–Trinajstić information content (AvgIpc) is 2.33. The molecular formula is C15H15ClFNO. The lowest BCUT2D eigenvalue weighted by molar-refractivity contribution is 0.448. The molecule has 0 amide bonds. The first-order valence-corrected chi connectivity index (χ1v) is 6.52. The van der Waals surface area contributed by atoms with Gasteiger partial charge >= 0.3 is 0 Å². The zero-order chi connectivity index (χ0) is 14.0. The van der Waals surface area contributed by atoms with Crippen LogP contribution in [0.25, 0.3) is 0 Å². The van der Waals surface area contributed by atoms with Crippen LogP contribution in [0.4, 0.5) is 4.39 Å². The number of alkyl halides is 1. The van der Waals surface area contributed by atoms with E-state index >= 15 is 0 Å². The monoisotopic (exact) mass is 279 g/mol. The minimum Gasteiger partial charge on any atom is -0.438 e. The summed E-state index contributed by atoms with van der Waals surface area (Å²) >= 11 is 5.93. The van der Waals surface area contributed by atoms with Crippen molar-refractivity contribution < 1.29 is 9.13 Å². The van der Waals surface area contributed by atoms with Crippen LogP contribution in [-0.4, -0.2) is 4.98 Å². The van der Waals surface area contributed by atoms with Gasteiger partial charge in [-0.2, -0.15) is 0 Å². The molecule has 0 aliphatic rings. The minimum atomic E-state index is -0.336. The van der Waals surface area contributed by atoms with E-state index in [1.54, 1.807) is 6.07 Å². The number of aryl methyl sites for hydroxylation is 3. The lowest BCUT2D eigenvalue weighted by Gasteiger charge is -2.13. The van der Waals surface area contributed by atoms with E-state index in [9.17, 15) is 4.39 Å². The van der Waals surface area contributed by atoms with Gasteiger partial charge in [-0.3, -0.25) is 0 Å². The summed E-state index contributed by atoms with van der Waals surface area (Å²) in [7, 11) is 0. The van der Waals surface area contributed by atoms with Gasteiger partial charge in [0.05, 0.1) is 5.88 Å². The third-order valence-corrected chi connectivity index (χ3v) is 3.20. The molecule has 0 radical (unpaired) electrons. The van der Waals surface area contributed by atoms with Crippen LogP contribution in [0.1, 0.15) is 22.4 Å². The van der Waals surface area contributed by atoms with Crippen LogP contribution in [0, 0.1) is 26.6 Å². The molecule has 0 aliphatic heterocycles. The van der Waals surface area contributed by atoms with Crippen molar-refractivity contribution in [3.63, 3.8) is 0 Å². The van der Waals surface area contributed by atoms with Crippen molar-refractivity contribution in [2.75, 3.05) is 0 Å². The number of hydrogen-bond acceptors (Lipinski definition) is 2. The smallest absolute Gasteiger partial charge is 0.224 e. The van der Waals surface area contributed by atoms with Crippen LogP contribution in [0.3, 0.4) is 0 Å². The van der Waals surface area contributed by atoms with E-state index < -0.39 is 0 Å². The summed E-state index contributed by atoms with van der Waals surface area (Å²) < 4.78 is 19.0. The lowest BCUT2D eigenvalue weighted by atomic mass is 10.1. The summed E-state index contributed by atoms with van der Waals surface area (Å²) in [5.41, 5.74) is 3.54. The van der Waals surface area contributed by atoms with Crippen LogP contribution in [0.15, 0.2) is 24.3 Å². The van der Waals surface area contributed by atoms with Gasteiger partial charge in [0.25, 0.3) is 0 Å². The maximum atomic E-state index is 13.3. The fraction of sp³-hybridized carbons (Fsp3) is 0.267. The first-order valence-electron chi connectivity index (χ1n) is 5.98. The molecule has 0 N–H and O–H groups in total. The third kappa shape index (κ3) is 3.04. The van der Waals surface area contributed by atoms with Crippen molar-refractivity contribution in [1.29, 1.82) is 0 Å². The van der Waals surface area contributed by atoms with E-state index in [-0.39, 0.29) is 5.82 Å². The Morgan fingerprint density at radius 1 is 1.16 bits per heavy atom. The molecule has 2 aromatic rings. The number of hydrogen-bond donors (Lipinski definition) is 0. The molecule has 4 heteroatoms. The highest BCUT2D eigenvalue weighted by molar-refractivity contribution is 6.17. The first-order chi connectivity index (χ1) is 9.01. The van der Waals surface area contributed by atoms with E-state index in [1.165, 1.54) is 12.1 Å². The summed E-state index contributed by atoms with van der Waals surface area (Å²) in [5, 5.41) is 0. The van der Waals surface area contributed by atoms with E-state index in [0.29, 0.717) is 17.5 Å². The molecular weight excluding hydrogens is 265 g/mol. The van der Waals surface area contributed by atoms with E-state index in [1.807, 2.05) is 26.8 Å². The number of pyridine rings is 1. The number of benzene rings is 1. The second kappa shape index (κ2) is 5.57. The molecule has 0 spiro atoms. The number of halogens is 2. The topological polar surface area (TPSA) is 22.1 Å². The lowest BCUT2D eigenvalue weighted by Crippen LogP contribution is -1.99. The Bertz CT molecular complexity index is 613. The predicted octanol–water partition coefficient (Wildman–Crippen LogP) is 4.68. The molecule has 1 aromatic heterocycles. The van der Waals surface area contributed by atoms with Crippen LogP contribution >= 0.6 is 11.6 Å². The molecule has 0 bridgehead atoms. The quantitative estimate of drug-likeness (QED) is 0.761. The Hall–Kier alpha value is -1.61. The second-order valence-corrected chi connectivity index (χ2v) is 4.78. The normalized spacial score (nSPS) is 10.6. The third-order valence-electron chi connectivity index (χ3n) is 2.93. The Kier molecular flexibility index (Phi) is 4.05. The second-order valence-electron chi connectivity index (χ2n) is 4.51. The van der Waals surface area contributed by atoms with Crippen molar-refractivity contribution in [2.24, 2.45) is 0 Å². The standard InChI is InChI=1S/C15H15ClFNO/c1-9-4-5-12(17)7-14(9)19-15-13(8-16)10(2)6-11(3)18-15/h4-7H,8H2,1-3H3. The van der Waals surface area contributed by atoms with Gasteiger partial charge in [-0.15, -0.1) is 11.6 Å². The highest BCUT2D eigenvalue weighted by Crippen LogP contribution is 2.30. The number of rotatable bonds is 3. The maximum Gasteiger partial charge on any atom is 0.224 e. The zero-order valence-corrected chi connectivity index (χ0v) is 11.9. The molecule has 2 rings (SSSR count). The summed E-state index contributed by atoms with van der Waals surface area (Å²) in [6.45, 7) is 5.70. The van der Waals surface area contributed by atoms with Crippen LogP contribution in [0.5, 0.6) is 11.6 Å². The van der Waals surface area contributed by atoms with Crippen molar-refractivity contribution in [1.82, 2.24) is 4.98 Å². The van der Waals surface area contributed by atoms with E-state index in [4.69, 9.17) is 16.3 Å². The average molecular weight is 280 g/mol. The Morgan fingerprint density at radius 2 is 1.89 bits per heavy atom. The molecule has 0 unspecified atom stereocenters. The van der Waals surface area contributed by atoms with Gasteiger partial charge in [-0.05, 0) is 44.0 Å². The summed E-state index contributed by atoms with van der Waals surface area (Å²) in [5.74, 6) is 0.880. The highest BCUT2D eigenvalue weighted by Gasteiger charge is 2.12. The van der Waals surface area contributed by atoms with Crippen molar-refractivity contribution >= 4 is 11.6 Å². The summed E-state index contributed by atoms with van der Waals surface area (Å²) in [6, 6.07) is 6.38. The van der Waals surface area contributed by atoms with Gasteiger partial charge in [-0.1, -0.05) is 6.07 Å². The van der Waals surface area contributed by atoms with E-state index in [2.05, 4.69) is 4.98 Å². The Labute approximate surface area is 117 Å². The molecule has 0 fully saturated rings. The van der Waals surface area contributed by atoms with Gasteiger partial charge in [-0.25, -0.2) is 9.37 Å². The summed E-state index contributed by atoms with van der Waals surface area (Å²) in [4.78, 5) is 4.34. The van der Waals surface area contributed by atoms with E-state index in [0.717, 1.165) is 22.4 Å². The molecule has 2 nitrogen and oxygen atoms in total. The Morgan fingerprint density at radius 3 is 2.58 bits per heavy atom. The van der Waals surface area contributed by atoms with Crippen molar-refractivity contribution in [3.8, 4) is 11.6 Å². The molecule has 1 aromatic carbocycles. The van der Waals surface area contributed by atoms with Crippen molar-refractivity contribution in [2.45, 2.75) is 26.7 Å². The molecule has 0 saturated carbocycles. The van der Waals surface area contributed by atoms with Gasteiger partial charge < -0.3 is 4.74 Å². The van der Waals surface area contributed by atoms with Gasteiger partial charge in [0.2, 0.25) is 5.88 Å². The number of aromatic nitrogens is 1. The maximum absolute atomic E-state index is 13.3. The molecule has 0 saturated heterocycles. The first kappa shape index (κ1) is 13.8. The van der Waals surface area contributed by atoms with Crippen LogP contribution < -0.4 is 4.74 Å². The minimum absolute atomic E-state index is 0.308. The highest BCUT2D eigenvalue weighted by atomic mass is 35.5.